The molecular formula is C19H26N6O. The Morgan fingerprint density at radius 2 is 1.85 bits per heavy atom. The van der Waals surface area contributed by atoms with Crippen molar-refractivity contribution in [3.8, 4) is 0 Å². The van der Waals surface area contributed by atoms with E-state index in [2.05, 4.69) is 15.1 Å². The van der Waals surface area contributed by atoms with E-state index in [4.69, 9.17) is 5.10 Å². The van der Waals surface area contributed by atoms with Gasteiger partial charge in [0.1, 0.15) is 5.82 Å². The van der Waals surface area contributed by atoms with Gasteiger partial charge in [0.25, 0.3) is 0 Å². The molecule has 1 saturated heterocycles. The minimum Gasteiger partial charge on any atom is -0.351 e. The zero-order valence-corrected chi connectivity index (χ0v) is 15.3. The van der Waals surface area contributed by atoms with E-state index in [-0.39, 0.29) is 5.92 Å². The number of nitrogens with zero attached hydrogens (tertiary/aromatic N) is 6. The van der Waals surface area contributed by atoms with E-state index in [1.54, 1.807) is 0 Å². The van der Waals surface area contributed by atoms with Crippen LogP contribution in [0.2, 0.25) is 0 Å². The highest BCUT2D eigenvalue weighted by Gasteiger charge is 2.36. The van der Waals surface area contributed by atoms with Crippen molar-refractivity contribution in [2.75, 3.05) is 25.0 Å². The van der Waals surface area contributed by atoms with Crippen molar-refractivity contribution in [3.63, 3.8) is 0 Å². The topological polar surface area (TPSA) is 66.6 Å². The molecule has 2 aromatic rings. The standard InChI is InChI=1S/C19H26N6O/c1-23(19(26)14-5-3-2-4-6-14)15-11-24(12-15)17-10-9-16-20-21-18(13-7-8-13)25(16)22-17/h9-10,13-15H,2-8,11-12H2,1H3. The van der Waals surface area contributed by atoms with Gasteiger partial charge in [0.15, 0.2) is 11.5 Å². The molecule has 0 spiro atoms. The number of carbonyl (C=O) groups excluding carboxylic acids is 1. The summed E-state index contributed by atoms with van der Waals surface area (Å²) in [5.41, 5.74) is 0.817. The van der Waals surface area contributed by atoms with Crippen LogP contribution in [0.3, 0.4) is 0 Å². The molecule has 2 aliphatic carbocycles. The van der Waals surface area contributed by atoms with Gasteiger partial charge >= 0.3 is 0 Å². The number of hydrogen-bond acceptors (Lipinski definition) is 5. The van der Waals surface area contributed by atoms with Gasteiger partial charge in [0.2, 0.25) is 5.91 Å². The van der Waals surface area contributed by atoms with Crippen molar-refractivity contribution in [2.24, 2.45) is 5.92 Å². The molecule has 3 aliphatic rings. The second-order valence-corrected chi connectivity index (χ2v) is 8.14. The average molecular weight is 354 g/mol. The SMILES string of the molecule is CN(C(=O)C1CCCCC1)C1CN(c2ccc3nnc(C4CC4)n3n2)C1. The molecule has 3 heterocycles. The third kappa shape index (κ3) is 2.73. The number of rotatable bonds is 4. The fraction of sp³-hybridized carbons (Fsp3) is 0.684. The molecule has 0 aromatic carbocycles. The van der Waals surface area contributed by atoms with Gasteiger partial charge in [-0.1, -0.05) is 19.3 Å². The Morgan fingerprint density at radius 3 is 2.58 bits per heavy atom. The van der Waals surface area contributed by atoms with Gasteiger partial charge in [-0.05, 0) is 37.8 Å². The van der Waals surface area contributed by atoms with Gasteiger partial charge in [0, 0.05) is 32.0 Å². The van der Waals surface area contributed by atoms with Crippen LogP contribution in [0.4, 0.5) is 5.82 Å². The highest BCUT2D eigenvalue weighted by atomic mass is 16.2. The second kappa shape index (κ2) is 6.21. The van der Waals surface area contributed by atoms with E-state index >= 15 is 0 Å². The first-order valence-electron chi connectivity index (χ1n) is 9.94. The molecule has 26 heavy (non-hydrogen) atoms. The van der Waals surface area contributed by atoms with Crippen molar-refractivity contribution < 1.29 is 4.79 Å². The van der Waals surface area contributed by atoms with Crippen molar-refractivity contribution in [1.29, 1.82) is 0 Å². The summed E-state index contributed by atoms with van der Waals surface area (Å²) in [6.07, 6.45) is 8.19. The van der Waals surface area contributed by atoms with E-state index in [1.165, 1.54) is 32.1 Å². The molecule has 138 valence electrons. The van der Waals surface area contributed by atoms with Gasteiger partial charge in [-0.25, -0.2) is 0 Å². The number of carbonyl (C=O) groups is 1. The highest BCUT2D eigenvalue weighted by molar-refractivity contribution is 5.79. The summed E-state index contributed by atoms with van der Waals surface area (Å²) in [6, 6.07) is 4.30. The summed E-state index contributed by atoms with van der Waals surface area (Å²) in [4.78, 5) is 16.9. The third-order valence-corrected chi connectivity index (χ3v) is 6.25. The first kappa shape index (κ1) is 16.0. The van der Waals surface area contributed by atoms with E-state index in [1.807, 2.05) is 28.6 Å². The van der Waals surface area contributed by atoms with Crippen LogP contribution >= 0.6 is 0 Å². The maximum absolute atomic E-state index is 12.7. The zero-order chi connectivity index (χ0) is 17.7. The van der Waals surface area contributed by atoms with Gasteiger partial charge in [0.05, 0.1) is 6.04 Å². The Hall–Kier alpha value is -2.18. The van der Waals surface area contributed by atoms with Crippen LogP contribution in [0.5, 0.6) is 0 Å². The Bertz CT molecular complexity index is 817. The third-order valence-electron chi connectivity index (χ3n) is 6.25. The summed E-state index contributed by atoms with van der Waals surface area (Å²) in [6.45, 7) is 1.71. The molecule has 3 fully saturated rings. The normalized spacial score (nSPS) is 21.8. The van der Waals surface area contributed by atoms with E-state index < -0.39 is 0 Å². The summed E-state index contributed by atoms with van der Waals surface area (Å²) in [7, 11) is 1.97. The van der Waals surface area contributed by atoms with Crippen LogP contribution in [0.1, 0.15) is 56.7 Å². The molecule has 0 unspecified atom stereocenters. The summed E-state index contributed by atoms with van der Waals surface area (Å²) >= 11 is 0. The molecule has 1 aliphatic heterocycles. The molecular weight excluding hydrogens is 328 g/mol. The molecule has 5 rings (SSSR count). The molecule has 0 atom stereocenters. The van der Waals surface area contributed by atoms with Crippen LogP contribution in [-0.4, -0.2) is 56.8 Å². The van der Waals surface area contributed by atoms with E-state index in [0.29, 0.717) is 17.9 Å². The molecule has 7 nitrogen and oxygen atoms in total. The lowest BCUT2D eigenvalue weighted by Crippen LogP contribution is -2.61. The minimum atomic E-state index is 0.246. The quantitative estimate of drug-likeness (QED) is 0.842. The predicted octanol–water partition coefficient (Wildman–Crippen LogP) is 2.23. The van der Waals surface area contributed by atoms with Crippen LogP contribution < -0.4 is 4.90 Å². The summed E-state index contributed by atoms with van der Waals surface area (Å²) in [5, 5.41) is 13.3. The van der Waals surface area contributed by atoms with Gasteiger partial charge in [-0.2, -0.15) is 4.52 Å². The van der Waals surface area contributed by atoms with E-state index in [9.17, 15) is 4.79 Å². The maximum atomic E-state index is 12.7. The zero-order valence-electron chi connectivity index (χ0n) is 15.3. The number of amides is 1. The Kier molecular flexibility index (Phi) is 3.83. The van der Waals surface area contributed by atoms with Crippen molar-refractivity contribution in [1.82, 2.24) is 24.7 Å². The number of hydrogen-bond donors (Lipinski definition) is 0. The number of aromatic nitrogens is 4. The van der Waals surface area contributed by atoms with Gasteiger partial charge < -0.3 is 9.80 Å². The molecule has 0 N–H and O–H groups in total. The largest absolute Gasteiger partial charge is 0.351 e. The highest BCUT2D eigenvalue weighted by Crippen LogP contribution is 2.39. The molecule has 1 amide bonds. The van der Waals surface area contributed by atoms with Gasteiger partial charge in [-0.3, -0.25) is 4.79 Å². The predicted molar refractivity (Wildman–Crippen MR) is 98.1 cm³/mol. The van der Waals surface area contributed by atoms with Crippen molar-refractivity contribution in [2.45, 2.75) is 56.9 Å². The molecule has 0 bridgehead atoms. The molecule has 0 radical (unpaired) electrons. The van der Waals surface area contributed by atoms with Crippen LogP contribution in [0.15, 0.2) is 12.1 Å². The van der Waals surface area contributed by atoms with Crippen molar-refractivity contribution in [3.05, 3.63) is 18.0 Å². The molecule has 2 aromatic heterocycles. The monoisotopic (exact) mass is 354 g/mol. The number of likely N-dealkylation sites (N-methyl/N-ethyl adjacent to an activating group) is 1. The molecule has 7 heteroatoms. The Labute approximate surface area is 153 Å². The van der Waals surface area contributed by atoms with Gasteiger partial charge in [-0.15, -0.1) is 15.3 Å². The number of anilines is 1. The van der Waals surface area contributed by atoms with Crippen molar-refractivity contribution >= 4 is 17.4 Å². The summed E-state index contributed by atoms with van der Waals surface area (Å²) in [5.74, 6) is 3.05. The van der Waals surface area contributed by atoms with Crippen LogP contribution in [0.25, 0.3) is 5.65 Å². The lowest BCUT2D eigenvalue weighted by atomic mass is 9.88. The first-order chi connectivity index (χ1) is 12.7. The maximum Gasteiger partial charge on any atom is 0.225 e. The average Bonchev–Trinajstić information content (AvgIpc) is 3.40. The minimum absolute atomic E-state index is 0.246. The lowest BCUT2D eigenvalue weighted by molar-refractivity contribution is -0.137. The molecule has 2 saturated carbocycles. The Balaban J connectivity index is 1.25. The fourth-order valence-corrected chi connectivity index (χ4v) is 4.27. The first-order valence-corrected chi connectivity index (χ1v) is 9.94. The lowest BCUT2D eigenvalue weighted by Gasteiger charge is -2.45. The van der Waals surface area contributed by atoms with E-state index in [0.717, 1.165) is 43.2 Å². The second-order valence-electron chi connectivity index (χ2n) is 8.14. The van der Waals surface area contributed by atoms with Crippen LogP contribution in [0, 0.1) is 5.92 Å². The Morgan fingerprint density at radius 1 is 1.08 bits per heavy atom. The van der Waals surface area contributed by atoms with Crippen LogP contribution in [-0.2, 0) is 4.79 Å². The fourth-order valence-electron chi connectivity index (χ4n) is 4.27. The smallest absolute Gasteiger partial charge is 0.225 e. The summed E-state index contributed by atoms with van der Waals surface area (Å²) < 4.78 is 1.90. The number of fused-ring (bicyclic) bond motifs is 1.